The molecule has 3 amide bonds. The number of thioether (sulfide) groups is 1. The third-order valence-electron chi connectivity index (χ3n) is 6.85. The molecule has 4 aromatic carbocycles. The third-order valence-corrected chi connectivity index (χ3v) is 7.75. The van der Waals surface area contributed by atoms with Crippen molar-refractivity contribution in [3.63, 3.8) is 0 Å². The molecule has 0 aliphatic carbocycles. The molecule has 5 aromatic rings. The lowest BCUT2D eigenvalue weighted by Crippen LogP contribution is -2.36. The number of anilines is 1. The lowest BCUT2D eigenvalue weighted by Gasteiger charge is -2.13. The molecule has 1 aliphatic rings. The average molecular weight is 563 g/mol. The van der Waals surface area contributed by atoms with Gasteiger partial charge in [-0.05, 0) is 40.9 Å². The van der Waals surface area contributed by atoms with Gasteiger partial charge in [-0.2, -0.15) is 0 Å². The summed E-state index contributed by atoms with van der Waals surface area (Å²) in [6.07, 6.45) is 3.55. The summed E-state index contributed by atoms with van der Waals surface area (Å²) in [5, 5.41) is 16.0. The number of nitrogens with zero attached hydrogens (tertiary/aromatic N) is 3. The monoisotopic (exact) mass is 562 g/mol. The number of benzene rings is 4. The van der Waals surface area contributed by atoms with E-state index in [4.69, 9.17) is 0 Å². The second-order valence-electron chi connectivity index (χ2n) is 9.50. The van der Waals surface area contributed by atoms with Gasteiger partial charge in [-0.15, -0.1) is 0 Å². The SMILES string of the molecule is O=C(CN1C(=O)S/C(=C\c2cn(Cc3ccc([N+](=O)[O-])cc3)c3ccccc23)C1=O)Nc1cccc2ccccc12. The van der Waals surface area contributed by atoms with Crippen molar-refractivity contribution in [3.8, 4) is 0 Å². The van der Waals surface area contributed by atoms with Crippen molar-refractivity contribution in [1.29, 1.82) is 0 Å². The van der Waals surface area contributed by atoms with E-state index in [-0.39, 0.29) is 10.6 Å². The Morgan fingerprint density at radius 3 is 2.39 bits per heavy atom. The molecule has 2 heterocycles. The molecule has 0 bridgehead atoms. The summed E-state index contributed by atoms with van der Waals surface area (Å²) >= 11 is 0.799. The van der Waals surface area contributed by atoms with E-state index in [1.165, 1.54) is 12.1 Å². The number of hydrogen-bond donors (Lipinski definition) is 1. The minimum atomic E-state index is -0.528. The van der Waals surface area contributed by atoms with Crippen LogP contribution < -0.4 is 5.32 Å². The third kappa shape index (κ3) is 5.20. The van der Waals surface area contributed by atoms with E-state index in [1.807, 2.05) is 71.4 Å². The summed E-state index contributed by atoms with van der Waals surface area (Å²) in [5.41, 5.74) is 3.16. The summed E-state index contributed by atoms with van der Waals surface area (Å²) in [4.78, 5) is 50.6. The van der Waals surface area contributed by atoms with Crippen LogP contribution in [-0.2, 0) is 16.1 Å². The van der Waals surface area contributed by atoms with Gasteiger partial charge >= 0.3 is 0 Å². The summed E-state index contributed by atoms with van der Waals surface area (Å²) in [6.45, 7) is 0.0648. The smallest absolute Gasteiger partial charge is 0.294 e. The van der Waals surface area contributed by atoms with Crippen LogP contribution in [0.15, 0.2) is 102 Å². The van der Waals surface area contributed by atoms with Crippen LogP contribution in [0.4, 0.5) is 16.2 Å². The van der Waals surface area contributed by atoms with Crippen LogP contribution in [0.5, 0.6) is 0 Å². The van der Waals surface area contributed by atoms with Gasteiger partial charge in [0.1, 0.15) is 6.54 Å². The Morgan fingerprint density at radius 2 is 1.61 bits per heavy atom. The van der Waals surface area contributed by atoms with Crippen molar-refractivity contribution < 1.29 is 19.3 Å². The molecule has 0 spiro atoms. The molecule has 6 rings (SSSR count). The van der Waals surface area contributed by atoms with E-state index in [1.54, 1.807) is 24.3 Å². The molecule has 41 heavy (non-hydrogen) atoms. The van der Waals surface area contributed by atoms with E-state index >= 15 is 0 Å². The summed E-state index contributed by atoms with van der Waals surface area (Å²) in [6, 6.07) is 27.2. The fourth-order valence-corrected chi connectivity index (χ4v) is 5.72. The lowest BCUT2D eigenvalue weighted by molar-refractivity contribution is -0.384. The Hall–Kier alpha value is -5.22. The van der Waals surface area contributed by atoms with Gasteiger partial charge in [0, 0.05) is 52.4 Å². The first-order valence-corrected chi connectivity index (χ1v) is 13.5. The Kier molecular flexibility index (Phi) is 6.82. The molecule has 0 atom stereocenters. The molecule has 1 saturated heterocycles. The summed E-state index contributed by atoms with van der Waals surface area (Å²) in [7, 11) is 0. The fraction of sp³-hybridized carbons (Fsp3) is 0.0645. The quantitative estimate of drug-likeness (QED) is 0.139. The van der Waals surface area contributed by atoms with Crippen LogP contribution in [0.2, 0.25) is 0 Å². The van der Waals surface area contributed by atoms with Gasteiger partial charge in [0.25, 0.3) is 16.8 Å². The van der Waals surface area contributed by atoms with Crippen molar-refractivity contribution in [3.05, 3.63) is 123 Å². The first kappa shape index (κ1) is 26.0. The highest BCUT2D eigenvalue weighted by Gasteiger charge is 2.36. The first-order chi connectivity index (χ1) is 19.9. The van der Waals surface area contributed by atoms with Gasteiger partial charge < -0.3 is 9.88 Å². The largest absolute Gasteiger partial charge is 0.342 e. The molecule has 0 radical (unpaired) electrons. The Morgan fingerprint density at radius 1 is 0.902 bits per heavy atom. The number of nitro benzene ring substituents is 1. The molecule has 1 aromatic heterocycles. The van der Waals surface area contributed by atoms with Crippen LogP contribution in [0.1, 0.15) is 11.1 Å². The van der Waals surface area contributed by atoms with E-state index < -0.39 is 28.5 Å². The number of rotatable bonds is 7. The van der Waals surface area contributed by atoms with Crippen LogP contribution in [-0.4, -0.2) is 38.0 Å². The number of fused-ring (bicyclic) bond motifs is 2. The van der Waals surface area contributed by atoms with Crippen LogP contribution in [0.3, 0.4) is 0 Å². The Labute approximate surface area is 238 Å². The first-order valence-electron chi connectivity index (χ1n) is 12.7. The Bertz CT molecular complexity index is 1890. The number of carbonyl (C=O) groups is 3. The number of nitro groups is 1. The zero-order valence-electron chi connectivity index (χ0n) is 21.5. The normalized spacial score (nSPS) is 14.3. The van der Waals surface area contributed by atoms with Crippen molar-refractivity contribution >= 4 is 67.9 Å². The van der Waals surface area contributed by atoms with Crippen molar-refractivity contribution in [1.82, 2.24) is 9.47 Å². The molecule has 9 nitrogen and oxygen atoms in total. The minimum absolute atomic E-state index is 0.0216. The molecule has 202 valence electrons. The molecule has 0 saturated carbocycles. The molecular weight excluding hydrogens is 540 g/mol. The highest BCUT2D eigenvalue weighted by molar-refractivity contribution is 8.18. The number of imide groups is 1. The molecular formula is C31H22N4O5S. The number of amides is 3. The summed E-state index contributed by atoms with van der Waals surface area (Å²) < 4.78 is 1.99. The average Bonchev–Trinajstić information content (AvgIpc) is 3.45. The standard InChI is InChI=1S/C31H22N4O5S/c36-29(32-26-10-5-7-21-6-1-2-8-24(21)26)19-34-30(37)28(41-31(34)38)16-22-18-33(27-11-4-3-9-25(22)27)17-20-12-14-23(15-13-20)35(39)40/h1-16,18H,17,19H2,(H,32,36)/b28-16-. The van der Waals surface area contributed by atoms with Gasteiger partial charge in [0.05, 0.1) is 9.83 Å². The van der Waals surface area contributed by atoms with Crippen LogP contribution >= 0.6 is 11.8 Å². The maximum Gasteiger partial charge on any atom is 0.294 e. The van der Waals surface area contributed by atoms with Crippen molar-refractivity contribution in [2.75, 3.05) is 11.9 Å². The number of hydrogen-bond acceptors (Lipinski definition) is 6. The van der Waals surface area contributed by atoms with E-state index in [0.717, 1.165) is 49.5 Å². The van der Waals surface area contributed by atoms with Gasteiger partial charge in [-0.3, -0.25) is 29.4 Å². The van der Waals surface area contributed by atoms with Crippen LogP contribution in [0.25, 0.3) is 27.8 Å². The molecule has 0 unspecified atom stereocenters. The molecule has 10 heteroatoms. The number of para-hydroxylation sites is 1. The molecule has 1 aliphatic heterocycles. The zero-order valence-corrected chi connectivity index (χ0v) is 22.3. The number of aromatic nitrogens is 1. The highest BCUT2D eigenvalue weighted by Crippen LogP contribution is 2.34. The van der Waals surface area contributed by atoms with Gasteiger partial charge in [0.15, 0.2) is 0 Å². The number of carbonyl (C=O) groups excluding carboxylic acids is 3. The minimum Gasteiger partial charge on any atom is -0.342 e. The maximum atomic E-state index is 13.2. The Balaban J connectivity index is 1.22. The van der Waals surface area contributed by atoms with E-state index in [0.29, 0.717) is 12.2 Å². The van der Waals surface area contributed by atoms with Crippen LogP contribution in [0, 0.1) is 10.1 Å². The summed E-state index contributed by atoms with van der Waals surface area (Å²) in [5.74, 6) is -0.995. The van der Waals surface area contributed by atoms with Gasteiger partial charge in [-0.25, -0.2) is 0 Å². The topological polar surface area (TPSA) is 115 Å². The zero-order chi connectivity index (χ0) is 28.5. The number of nitrogens with one attached hydrogen (secondary N) is 1. The highest BCUT2D eigenvalue weighted by atomic mass is 32.2. The van der Waals surface area contributed by atoms with E-state index in [2.05, 4.69) is 5.32 Å². The second-order valence-corrected chi connectivity index (χ2v) is 10.5. The van der Waals surface area contributed by atoms with Crippen molar-refractivity contribution in [2.24, 2.45) is 0 Å². The van der Waals surface area contributed by atoms with Gasteiger partial charge in [0.2, 0.25) is 5.91 Å². The fourth-order valence-electron chi connectivity index (χ4n) is 4.89. The molecule has 1 N–H and O–H groups in total. The maximum absolute atomic E-state index is 13.2. The van der Waals surface area contributed by atoms with E-state index in [9.17, 15) is 24.5 Å². The number of non-ortho nitro benzene ring substituents is 1. The predicted octanol–water partition coefficient (Wildman–Crippen LogP) is 6.43. The molecule has 1 fully saturated rings. The lowest BCUT2D eigenvalue weighted by atomic mass is 10.1. The van der Waals surface area contributed by atoms with Crippen molar-refractivity contribution in [2.45, 2.75) is 6.54 Å². The predicted molar refractivity (Wildman–Crippen MR) is 159 cm³/mol. The van der Waals surface area contributed by atoms with Gasteiger partial charge in [-0.1, -0.05) is 66.7 Å². The second kappa shape index (κ2) is 10.7.